The number of nitriles is 1. The first-order chi connectivity index (χ1) is 14.1. The van der Waals surface area contributed by atoms with Crippen LogP contribution in [0.2, 0.25) is 0 Å². The molecule has 2 aromatic carbocycles. The lowest BCUT2D eigenvalue weighted by atomic mass is 9.95. The van der Waals surface area contributed by atoms with Gasteiger partial charge < -0.3 is 0 Å². The lowest BCUT2D eigenvalue weighted by Gasteiger charge is -2.15. The zero-order chi connectivity index (χ0) is 20.8. The van der Waals surface area contributed by atoms with Crippen LogP contribution in [-0.4, -0.2) is 9.55 Å². The first kappa shape index (κ1) is 20.5. The molecule has 148 valence electrons. The molecule has 3 rings (SSSR count). The van der Waals surface area contributed by atoms with Gasteiger partial charge in [0.25, 0.3) is 5.56 Å². The fourth-order valence-electron chi connectivity index (χ4n) is 3.72. The van der Waals surface area contributed by atoms with Crippen LogP contribution in [0.1, 0.15) is 54.9 Å². The molecule has 1 aromatic heterocycles. The Kier molecular flexibility index (Phi) is 6.61. The molecule has 0 aliphatic heterocycles. The Bertz CT molecular complexity index is 1090. The normalized spacial score (nSPS) is 10.7. The van der Waals surface area contributed by atoms with Crippen molar-refractivity contribution in [1.82, 2.24) is 9.55 Å². The number of hydrogen-bond donors (Lipinski definition) is 0. The number of benzene rings is 2. The lowest BCUT2D eigenvalue weighted by molar-refractivity contribution is 0.644. The third-order valence-electron chi connectivity index (χ3n) is 5.29. The van der Waals surface area contributed by atoms with Gasteiger partial charge in [-0.25, -0.2) is 4.98 Å². The Labute approximate surface area is 172 Å². The molecule has 4 heteroatoms. The Hall–Kier alpha value is -3.19. The molecule has 0 radical (unpaired) electrons. The number of hydrogen-bond acceptors (Lipinski definition) is 3. The Morgan fingerprint density at radius 2 is 1.86 bits per heavy atom. The molecule has 0 N–H and O–H groups in total. The molecule has 0 unspecified atom stereocenters. The molecule has 0 saturated heterocycles. The van der Waals surface area contributed by atoms with Crippen LogP contribution in [0.5, 0.6) is 0 Å². The zero-order valence-electron chi connectivity index (χ0n) is 17.4. The van der Waals surface area contributed by atoms with E-state index in [2.05, 4.69) is 13.0 Å². The van der Waals surface area contributed by atoms with Crippen molar-refractivity contribution in [2.75, 3.05) is 0 Å². The third-order valence-corrected chi connectivity index (χ3v) is 5.29. The molecule has 0 spiro atoms. The van der Waals surface area contributed by atoms with Gasteiger partial charge >= 0.3 is 0 Å². The minimum absolute atomic E-state index is 0.0387. The summed E-state index contributed by atoms with van der Waals surface area (Å²) in [6, 6.07) is 18.1. The van der Waals surface area contributed by atoms with E-state index in [1.165, 1.54) is 0 Å². The van der Waals surface area contributed by atoms with E-state index in [0.29, 0.717) is 18.5 Å². The van der Waals surface area contributed by atoms with E-state index in [1.807, 2.05) is 62.4 Å². The van der Waals surface area contributed by atoms with Crippen molar-refractivity contribution in [3.8, 4) is 17.2 Å². The molecule has 1 heterocycles. The van der Waals surface area contributed by atoms with Crippen molar-refractivity contribution < 1.29 is 0 Å². The fourth-order valence-corrected chi connectivity index (χ4v) is 3.72. The SMILES string of the molecule is CCCCc1nc(C)n(CC)c(=O)c1Cc1ccc(-c2ccccc2)c(C#N)c1. The van der Waals surface area contributed by atoms with E-state index >= 15 is 0 Å². The third kappa shape index (κ3) is 4.46. The summed E-state index contributed by atoms with van der Waals surface area (Å²) in [6.45, 7) is 6.61. The molecule has 0 aliphatic rings. The standard InChI is InChI=1S/C25H27N3O/c1-4-6-12-24-23(25(29)28(5-2)18(3)27-24)16-19-13-14-22(21(15-19)17-26)20-10-8-7-9-11-20/h7-11,13-15H,4-6,12,16H2,1-3H3. The van der Waals surface area contributed by atoms with Crippen LogP contribution in [0.3, 0.4) is 0 Å². The van der Waals surface area contributed by atoms with Crippen LogP contribution in [0, 0.1) is 18.3 Å². The summed E-state index contributed by atoms with van der Waals surface area (Å²) in [6.07, 6.45) is 3.36. The maximum Gasteiger partial charge on any atom is 0.257 e. The van der Waals surface area contributed by atoms with Gasteiger partial charge in [-0.15, -0.1) is 0 Å². The highest BCUT2D eigenvalue weighted by Crippen LogP contribution is 2.25. The quantitative estimate of drug-likeness (QED) is 0.572. The van der Waals surface area contributed by atoms with Crippen molar-refractivity contribution in [2.24, 2.45) is 0 Å². The highest BCUT2D eigenvalue weighted by molar-refractivity contribution is 5.71. The van der Waals surface area contributed by atoms with Gasteiger partial charge in [0.15, 0.2) is 0 Å². The van der Waals surface area contributed by atoms with E-state index < -0.39 is 0 Å². The summed E-state index contributed by atoms with van der Waals surface area (Å²) >= 11 is 0. The maximum absolute atomic E-state index is 13.1. The minimum Gasteiger partial charge on any atom is -0.297 e. The summed E-state index contributed by atoms with van der Waals surface area (Å²) in [4.78, 5) is 17.9. The summed E-state index contributed by atoms with van der Waals surface area (Å²) in [7, 11) is 0. The highest BCUT2D eigenvalue weighted by Gasteiger charge is 2.15. The first-order valence-corrected chi connectivity index (χ1v) is 10.3. The van der Waals surface area contributed by atoms with Gasteiger partial charge in [-0.1, -0.05) is 55.8 Å². The van der Waals surface area contributed by atoms with E-state index in [-0.39, 0.29) is 5.56 Å². The van der Waals surface area contributed by atoms with Gasteiger partial charge in [0.1, 0.15) is 5.82 Å². The number of aryl methyl sites for hydroxylation is 2. The zero-order valence-corrected chi connectivity index (χ0v) is 17.4. The van der Waals surface area contributed by atoms with Gasteiger partial charge in [0.2, 0.25) is 0 Å². The van der Waals surface area contributed by atoms with Gasteiger partial charge in [-0.2, -0.15) is 5.26 Å². The summed E-state index contributed by atoms with van der Waals surface area (Å²) < 4.78 is 1.73. The number of nitrogens with zero attached hydrogens (tertiary/aromatic N) is 3. The van der Waals surface area contributed by atoms with Crippen LogP contribution in [0.25, 0.3) is 11.1 Å². The second kappa shape index (κ2) is 9.34. The van der Waals surface area contributed by atoms with Crippen molar-refractivity contribution in [3.05, 3.63) is 87.1 Å². The summed E-state index contributed by atoms with van der Waals surface area (Å²) in [5, 5.41) is 9.69. The first-order valence-electron chi connectivity index (χ1n) is 10.3. The van der Waals surface area contributed by atoms with E-state index in [4.69, 9.17) is 4.98 Å². The van der Waals surface area contributed by atoms with Crippen molar-refractivity contribution in [2.45, 2.75) is 53.0 Å². The largest absolute Gasteiger partial charge is 0.297 e. The molecule has 0 amide bonds. The van der Waals surface area contributed by atoms with Crippen LogP contribution >= 0.6 is 0 Å². The lowest BCUT2D eigenvalue weighted by Crippen LogP contribution is -2.29. The van der Waals surface area contributed by atoms with E-state index in [1.54, 1.807) is 4.57 Å². The minimum atomic E-state index is 0.0387. The number of unbranched alkanes of at least 4 members (excludes halogenated alkanes) is 1. The number of aromatic nitrogens is 2. The summed E-state index contributed by atoms with van der Waals surface area (Å²) in [5.74, 6) is 0.768. The van der Waals surface area contributed by atoms with Gasteiger partial charge in [-0.3, -0.25) is 9.36 Å². The second-order valence-electron chi connectivity index (χ2n) is 7.27. The molecular formula is C25H27N3O. The molecule has 3 aromatic rings. The predicted molar refractivity (Wildman–Crippen MR) is 117 cm³/mol. The average Bonchev–Trinajstić information content (AvgIpc) is 2.75. The van der Waals surface area contributed by atoms with Crippen LogP contribution in [0.4, 0.5) is 0 Å². The van der Waals surface area contributed by atoms with Crippen LogP contribution in [-0.2, 0) is 19.4 Å². The molecule has 0 saturated carbocycles. The van der Waals surface area contributed by atoms with Crippen molar-refractivity contribution >= 4 is 0 Å². The van der Waals surface area contributed by atoms with E-state index in [9.17, 15) is 10.1 Å². The molecule has 4 nitrogen and oxygen atoms in total. The molecule has 0 fully saturated rings. The molecule has 0 atom stereocenters. The van der Waals surface area contributed by atoms with Gasteiger partial charge in [0, 0.05) is 18.5 Å². The van der Waals surface area contributed by atoms with Crippen molar-refractivity contribution in [1.29, 1.82) is 5.26 Å². The van der Waals surface area contributed by atoms with Gasteiger partial charge in [-0.05, 0) is 49.4 Å². The maximum atomic E-state index is 13.1. The molecule has 29 heavy (non-hydrogen) atoms. The van der Waals surface area contributed by atoms with Gasteiger partial charge in [0.05, 0.1) is 17.3 Å². The Morgan fingerprint density at radius 3 is 2.52 bits per heavy atom. The Morgan fingerprint density at radius 1 is 1.10 bits per heavy atom. The smallest absolute Gasteiger partial charge is 0.257 e. The topological polar surface area (TPSA) is 58.7 Å². The molecular weight excluding hydrogens is 358 g/mol. The Balaban J connectivity index is 2.03. The predicted octanol–water partition coefficient (Wildman–Crippen LogP) is 5.04. The van der Waals surface area contributed by atoms with Crippen LogP contribution in [0.15, 0.2) is 53.3 Å². The monoisotopic (exact) mass is 385 g/mol. The average molecular weight is 386 g/mol. The fraction of sp³-hybridized carbons (Fsp3) is 0.320. The van der Waals surface area contributed by atoms with E-state index in [0.717, 1.165) is 53.0 Å². The van der Waals surface area contributed by atoms with Crippen LogP contribution < -0.4 is 5.56 Å². The highest BCUT2D eigenvalue weighted by atomic mass is 16.1. The van der Waals surface area contributed by atoms with Crippen molar-refractivity contribution in [3.63, 3.8) is 0 Å². The molecule has 0 aliphatic carbocycles. The number of rotatable bonds is 7. The molecule has 0 bridgehead atoms. The summed E-state index contributed by atoms with van der Waals surface area (Å²) in [5.41, 5.74) is 5.20. The second-order valence-corrected chi connectivity index (χ2v) is 7.27.